The van der Waals surface area contributed by atoms with Gasteiger partial charge in [-0.05, 0) is 232 Å². The van der Waals surface area contributed by atoms with Gasteiger partial charge in [0.2, 0.25) is 0 Å². The summed E-state index contributed by atoms with van der Waals surface area (Å²) in [5, 5.41) is 19.9. The Morgan fingerprint density at radius 3 is 1.05 bits per heavy atom. The summed E-state index contributed by atoms with van der Waals surface area (Å²) in [6, 6.07) is 64.2. The van der Waals surface area contributed by atoms with Crippen LogP contribution in [0.4, 0.5) is 30.7 Å². The normalized spacial score (nSPS) is 12.4. The van der Waals surface area contributed by atoms with Crippen LogP contribution < -0.4 is 9.47 Å². The van der Waals surface area contributed by atoms with Gasteiger partial charge in [0.15, 0.2) is 45.0 Å². The van der Waals surface area contributed by atoms with Gasteiger partial charge >= 0.3 is 6.18 Å². The molecule has 0 spiro atoms. The van der Waals surface area contributed by atoms with Crippen molar-refractivity contribution >= 4 is 82.8 Å². The first kappa shape index (κ1) is 93.7. The fourth-order valence-corrected chi connectivity index (χ4v) is 19.4. The first-order valence-electron chi connectivity index (χ1n) is 40.5. The van der Waals surface area contributed by atoms with Crippen LogP contribution in [-0.2, 0) is 90.7 Å². The molecule has 0 unspecified atom stereocenters. The van der Waals surface area contributed by atoms with E-state index < -0.39 is 92.7 Å². The molecule has 8 heterocycles. The van der Waals surface area contributed by atoms with Crippen molar-refractivity contribution in [1.82, 2.24) is 59.1 Å². The van der Waals surface area contributed by atoms with E-state index >= 15 is 0 Å². The van der Waals surface area contributed by atoms with Crippen LogP contribution in [0.25, 0.3) is 66.2 Å². The van der Waals surface area contributed by atoms with Crippen molar-refractivity contribution in [3.8, 4) is 34.2 Å². The van der Waals surface area contributed by atoms with Crippen molar-refractivity contribution in [1.29, 1.82) is 0 Å². The number of benzene rings is 8. The number of hydrogen-bond donors (Lipinski definition) is 0. The Morgan fingerprint density at radius 2 is 0.698 bits per heavy atom. The second-order valence-electron chi connectivity index (χ2n) is 32.7. The van der Waals surface area contributed by atoms with Crippen LogP contribution in [0.1, 0.15) is 139 Å². The molecule has 0 aliphatic rings. The number of nitrogens with zero attached hydrogens (tertiary/aromatic N) is 12. The summed E-state index contributed by atoms with van der Waals surface area (Å²) in [7, 11) is -13.6. The molecular weight excluding hydrogens is 1750 g/mol. The molecule has 0 aliphatic carbocycles. The van der Waals surface area contributed by atoms with Gasteiger partial charge in [0.05, 0.1) is 129 Å². The second kappa shape index (κ2) is 38.6. The van der Waals surface area contributed by atoms with Crippen LogP contribution in [0.3, 0.4) is 0 Å². The minimum Gasteiger partial charge on any atom is -0.491 e. The number of hydrogen-bond acceptors (Lipinski definition) is 19. The fraction of sp³-hybridized carbons (Fsp3) is 0.242. The zero-order valence-corrected chi connectivity index (χ0v) is 75.2. The molecule has 0 atom stereocenters. The Hall–Kier alpha value is -12.9. The monoisotopic (exact) mass is 1840 g/mol. The van der Waals surface area contributed by atoms with Crippen molar-refractivity contribution in [3.05, 3.63) is 324 Å². The van der Waals surface area contributed by atoms with Crippen molar-refractivity contribution in [2.45, 2.75) is 161 Å². The highest BCUT2D eigenvalue weighted by atomic mass is 32.2. The van der Waals surface area contributed by atoms with Crippen molar-refractivity contribution in [2.24, 2.45) is 0 Å². The topological polar surface area (TPSA) is 287 Å². The van der Waals surface area contributed by atoms with Crippen LogP contribution in [0.5, 0.6) is 11.5 Å². The van der Waals surface area contributed by atoms with Gasteiger partial charge in [-0.15, -0.1) is 0 Å². The molecule has 34 heteroatoms. The second-order valence-corrected chi connectivity index (χ2v) is 40.7. The van der Waals surface area contributed by atoms with Gasteiger partial charge in [-0.2, -0.15) is 33.6 Å². The van der Waals surface area contributed by atoms with E-state index in [2.05, 4.69) is 61.1 Å². The van der Waals surface area contributed by atoms with Crippen molar-refractivity contribution < 1.29 is 78.6 Å². The number of methoxy groups -OCH3 is 1. The zero-order chi connectivity index (χ0) is 92.7. The van der Waals surface area contributed by atoms with Crippen LogP contribution in [-0.4, -0.2) is 112 Å². The van der Waals surface area contributed by atoms with Gasteiger partial charge in [0.25, 0.3) is 12.9 Å². The molecule has 0 fully saturated rings. The van der Waals surface area contributed by atoms with Gasteiger partial charge in [-0.1, -0.05) is 96.1 Å². The van der Waals surface area contributed by atoms with Gasteiger partial charge in [-0.25, -0.2) is 70.0 Å². The van der Waals surface area contributed by atoms with Crippen molar-refractivity contribution in [2.75, 3.05) is 7.11 Å². The minimum absolute atomic E-state index is 0.0259. The third-order valence-electron chi connectivity index (χ3n) is 20.3. The number of fused-ring (bicyclic) bond motifs is 4. The summed E-state index contributed by atoms with van der Waals surface area (Å²) in [6.07, 6.45) is -2.45. The quantitative estimate of drug-likeness (QED) is 0.0508. The number of sulfone groups is 4. The van der Waals surface area contributed by atoms with Crippen LogP contribution >= 0.6 is 0 Å². The molecule has 670 valence electrons. The van der Waals surface area contributed by atoms with Crippen molar-refractivity contribution in [3.63, 3.8) is 0 Å². The predicted octanol–water partition coefficient (Wildman–Crippen LogP) is 20.8. The summed E-state index contributed by atoms with van der Waals surface area (Å²) in [6.45, 7) is 20.1. The molecule has 8 aromatic heterocycles. The highest BCUT2D eigenvalue weighted by Crippen LogP contribution is 2.37. The molecule has 0 bridgehead atoms. The lowest BCUT2D eigenvalue weighted by atomic mass is 9.87. The summed E-state index contributed by atoms with van der Waals surface area (Å²) in [5.41, 5.74) is 5.46. The number of halogens is 7. The Bertz CT molecular complexity index is 7170. The van der Waals surface area contributed by atoms with E-state index in [4.69, 9.17) is 14.2 Å². The highest BCUT2D eigenvalue weighted by Gasteiger charge is 2.37. The molecule has 0 aliphatic heterocycles. The number of pyridine rings is 4. The SMILES string of the molecule is CC(C)(C)c1ccc(S(=O)(=O)Cc2cc(C(F)F)nn2-c2cccc3ncccc23)cc1.CC(C)Oc1ccc(S(=O)(=O)Cc2cc(C(F)(F)F)nn2-c2cccc3cnccc23)cc1.CC(C)Oc1ccc(S(=O)(=O)Cc2cc(C(F)F)nn2-c2cccc3ncccc23)cc1.COCc1cc(CS(=O)(=O)c2ccc(C(C)(C)C)cc2)n(-c2cccc3ncccc23)n1. The Kier molecular flexibility index (Phi) is 28.0. The molecule has 16 aromatic rings. The number of aromatic nitrogens is 12. The summed E-state index contributed by atoms with van der Waals surface area (Å²) in [4.78, 5) is 17.5. The molecular formula is C95H91F7N12O11S4. The lowest BCUT2D eigenvalue weighted by molar-refractivity contribution is -0.141. The smallest absolute Gasteiger partial charge is 0.435 e. The van der Waals surface area contributed by atoms with E-state index in [0.29, 0.717) is 84.0 Å². The molecule has 16 rings (SSSR count). The standard InChI is InChI=1S/C25H27N3O3S.C24H23F2N3O2S.C23H20F3N3O3S.C23H21F2N3O3S/c1-25(2,3)18-10-12-21(13-11-18)32(29,30)17-20-15-19(16-31-4)27-28(20)24-9-5-8-23-22(24)7-6-14-26-23;1-24(2,3)16-9-11-18(12-10-16)32(30,31)15-17-14-21(23(25)26)28-29(17)22-8-4-7-20-19(22)6-5-13-27-20;1-15(2)32-18-6-8-19(9-7-18)33(30,31)14-17-12-22(23(24,25)26)28-29(17)21-5-3-4-16-13-27-11-10-20(16)21;1-15(2)31-17-8-10-18(11-9-17)32(29,30)14-16-13-21(23(24)25)27-28(16)22-7-3-6-20-19(22)5-4-12-26-20/h5-15H,16-17H2,1-4H3;4-14,23H,15H2,1-3H3;3-13,15H,14H2,1-2H3;3-13,15,23H,14H2,1-2H3. The maximum absolute atomic E-state index is 13.5. The summed E-state index contributed by atoms with van der Waals surface area (Å²) >= 11 is 0. The van der Waals surface area contributed by atoms with Crippen LogP contribution in [0, 0.1) is 0 Å². The molecule has 0 amide bonds. The minimum atomic E-state index is -4.73. The maximum Gasteiger partial charge on any atom is 0.435 e. The average molecular weight is 1840 g/mol. The van der Waals surface area contributed by atoms with Gasteiger partial charge < -0.3 is 14.2 Å². The van der Waals surface area contributed by atoms with E-state index in [-0.39, 0.29) is 60.6 Å². The third-order valence-corrected chi connectivity index (χ3v) is 27.0. The van der Waals surface area contributed by atoms with E-state index in [1.165, 1.54) is 52.0 Å². The molecule has 23 nitrogen and oxygen atoms in total. The molecule has 129 heavy (non-hydrogen) atoms. The average Bonchev–Trinajstić information content (AvgIpc) is 1.66. The fourth-order valence-electron chi connectivity index (χ4n) is 14.1. The molecule has 0 saturated heterocycles. The number of rotatable bonds is 24. The molecule has 0 radical (unpaired) electrons. The summed E-state index contributed by atoms with van der Waals surface area (Å²) in [5.74, 6) is -0.742. The van der Waals surface area contributed by atoms with Crippen LogP contribution in [0.2, 0.25) is 0 Å². The largest absolute Gasteiger partial charge is 0.491 e. The van der Waals surface area contributed by atoms with E-state index in [1.54, 1.807) is 176 Å². The lowest BCUT2D eigenvalue weighted by Crippen LogP contribution is -2.13. The Balaban J connectivity index is 0.000000147. The number of ether oxygens (including phenoxy) is 3. The first-order valence-corrected chi connectivity index (χ1v) is 47.1. The van der Waals surface area contributed by atoms with Gasteiger partial charge in [-0.3, -0.25) is 19.9 Å². The predicted molar refractivity (Wildman–Crippen MR) is 479 cm³/mol. The Morgan fingerprint density at radius 1 is 0.364 bits per heavy atom. The first-order chi connectivity index (χ1) is 61.0. The van der Waals surface area contributed by atoms with Crippen LogP contribution in [0.15, 0.2) is 287 Å². The third kappa shape index (κ3) is 22.5. The van der Waals surface area contributed by atoms with Gasteiger partial charge in [0.1, 0.15) is 22.9 Å². The Labute approximate surface area is 742 Å². The zero-order valence-electron chi connectivity index (χ0n) is 71.9. The molecule has 8 aromatic carbocycles. The van der Waals surface area contributed by atoms with E-state index in [0.717, 1.165) is 50.6 Å². The maximum atomic E-state index is 13.5. The number of alkyl halides is 7. The highest BCUT2D eigenvalue weighted by molar-refractivity contribution is 7.91. The lowest BCUT2D eigenvalue weighted by Gasteiger charge is -2.19. The molecule has 0 saturated carbocycles. The van der Waals surface area contributed by atoms with E-state index in [9.17, 15) is 64.4 Å². The van der Waals surface area contributed by atoms with E-state index in [1.807, 2.05) is 90.9 Å². The summed E-state index contributed by atoms with van der Waals surface area (Å²) < 4.78 is 221. The molecule has 0 N–H and O–H groups in total. The van der Waals surface area contributed by atoms with Gasteiger partial charge in [0, 0.05) is 65.0 Å².